The van der Waals surface area contributed by atoms with Crippen molar-refractivity contribution in [2.75, 3.05) is 21.3 Å². The topological polar surface area (TPSA) is 339 Å². The van der Waals surface area contributed by atoms with Crippen LogP contribution in [0.4, 0.5) is 13.2 Å². The molecular formula is C87H71F3N16O7. The number of fused-ring (bicyclic) bond motifs is 4. The fourth-order valence-electron chi connectivity index (χ4n) is 12.8. The number of carbonyl (C=O) groups is 4. The molecule has 0 aliphatic carbocycles. The van der Waals surface area contributed by atoms with Crippen LogP contribution < -0.4 is 37.1 Å². The van der Waals surface area contributed by atoms with Crippen molar-refractivity contribution in [3.05, 3.63) is 329 Å². The highest BCUT2D eigenvalue weighted by atomic mass is 19.1. The number of amides is 4. The summed E-state index contributed by atoms with van der Waals surface area (Å²) in [6, 6.07) is 56.2. The van der Waals surface area contributed by atoms with Crippen molar-refractivity contribution in [1.29, 1.82) is 0 Å². The molecule has 0 unspecified atom stereocenters. The van der Waals surface area contributed by atoms with Crippen LogP contribution in [-0.4, -0.2) is 104 Å². The third-order valence-electron chi connectivity index (χ3n) is 18.3. The van der Waals surface area contributed by atoms with Crippen molar-refractivity contribution in [1.82, 2.24) is 59.4 Å². The van der Waals surface area contributed by atoms with Crippen molar-refractivity contribution in [3.63, 3.8) is 0 Å². The SMILES string of the molecule is COc1ccc(Cc2ccc3c(-c4ccc(F)cc4)cc(C(N)=O)nc3c2)cc1.COc1ccc(Cc2ccc3c(-c4cnn(C)c4)cc(C(N)=O)nc3c2)cn1.COc1cncc(Cc2ccc3c(-c4ccc(F)cc4)cc(C(N)=O)nc3c2)c1.Cn1cc(-c2cc(C(N)=O)nc3cc(Cc4cnc(F)nc4)ccc23)cn1. The van der Waals surface area contributed by atoms with Gasteiger partial charge in [0, 0.05) is 96.4 Å². The van der Waals surface area contributed by atoms with Gasteiger partial charge in [-0.25, -0.2) is 43.7 Å². The lowest BCUT2D eigenvalue weighted by molar-refractivity contribution is 0.0987. The average molecular weight is 1510 g/mol. The molecule has 26 heteroatoms. The van der Waals surface area contributed by atoms with Crippen LogP contribution in [0.3, 0.4) is 0 Å². The molecule has 16 rings (SSSR count). The Morgan fingerprint density at radius 3 is 1.04 bits per heavy atom. The first-order valence-corrected chi connectivity index (χ1v) is 35.1. The van der Waals surface area contributed by atoms with Crippen LogP contribution in [0.5, 0.6) is 17.4 Å². The fraction of sp³-hybridized carbons (Fsp3) is 0.103. The first kappa shape index (κ1) is 76.3. The van der Waals surface area contributed by atoms with Gasteiger partial charge in [0.05, 0.1) is 62.0 Å². The maximum Gasteiger partial charge on any atom is 0.308 e. The molecule has 8 N–H and O–H groups in total. The number of rotatable bonds is 19. The van der Waals surface area contributed by atoms with Gasteiger partial charge in [0.25, 0.3) is 23.6 Å². The second kappa shape index (κ2) is 34.1. The fourth-order valence-corrected chi connectivity index (χ4v) is 12.8. The van der Waals surface area contributed by atoms with Crippen molar-refractivity contribution in [2.24, 2.45) is 37.0 Å². The molecule has 7 aromatic carbocycles. The summed E-state index contributed by atoms with van der Waals surface area (Å²) in [6.45, 7) is 0. The van der Waals surface area contributed by atoms with E-state index in [1.54, 1.807) is 110 Å². The lowest BCUT2D eigenvalue weighted by Crippen LogP contribution is -2.13. The number of pyridine rings is 6. The minimum atomic E-state index is -0.758. The zero-order valence-electron chi connectivity index (χ0n) is 61.6. The Labute approximate surface area is 644 Å². The first-order valence-electron chi connectivity index (χ1n) is 35.1. The van der Waals surface area contributed by atoms with E-state index in [4.69, 9.17) is 37.1 Å². The first-order chi connectivity index (χ1) is 54.6. The maximum atomic E-state index is 13.3. The minimum Gasteiger partial charge on any atom is -0.497 e. The monoisotopic (exact) mass is 1510 g/mol. The number of methoxy groups -OCH3 is 3. The van der Waals surface area contributed by atoms with Gasteiger partial charge in [0.2, 0.25) is 5.88 Å². The van der Waals surface area contributed by atoms with Gasteiger partial charge in [-0.1, -0.05) is 91.0 Å². The lowest BCUT2D eigenvalue weighted by atomic mass is 9.97. The third-order valence-corrected chi connectivity index (χ3v) is 18.3. The van der Waals surface area contributed by atoms with Crippen molar-refractivity contribution in [2.45, 2.75) is 25.7 Å². The molecule has 0 saturated carbocycles. The summed E-state index contributed by atoms with van der Waals surface area (Å²) < 4.78 is 58.5. The van der Waals surface area contributed by atoms with E-state index in [0.29, 0.717) is 59.4 Å². The summed E-state index contributed by atoms with van der Waals surface area (Å²) >= 11 is 0. The van der Waals surface area contributed by atoms with Crippen molar-refractivity contribution < 1.29 is 46.6 Å². The largest absolute Gasteiger partial charge is 0.497 e. The molecule has 0 fully saturated rings. The summed E-state index contributed by atoms with van der Waals surface area (Å²) in [5.41, 5.74) is 40.0. The molecule has 9 aromatic heterocycles. The second-order valence-electron chi connectivity index (χ2n) is 26.3. The van der Waals surface area contributed by atoms with Gasteiger partial charge in [-0.05, 0) is 188 Å². The molecule has 0 bridgehead atoms. The second-order valence-corrected chi connectivity index (χ2v) is 26.3. The van der Waals surface area contributed by atoms with Gasteiger partial charge in [0.15, 0.2) is 0 Å². The molecule has 0 atom stereocenters. The Bertz CT molecular complexity index is 6230. The summed E-state index contributed by atoms with van der Waals surface area (Å²) in [5.74, 6) is -0.929. The van der Waals surface area contributed by atoms with Gasteiger partial charge in [-0.15, -0.1) is 0 Å². The van der Waals surface area contributed by atoms with Crippen LogP contribution in [0.2, 0.25) is 0 Å². The van der Waals surface area contributed by atoms with Gasteiger partial charge >= 0.3 is 6.08 Å². The zero-order valence-corrected chi connectivity index (χ0v) is 61.6. The molecule has 0 radical (unpaired) electrons. The van der Waals surface area contributed by atoms with Gasteiger partial charge in [-0.3, -0.25) is 33.5 Å². The number of nitrogens with two attached hydrogens (primary N) is 4. The molecule has 9 heterocycles. The molecule has 0 spiro atoms. The number of hydrogen-bond donors (Lipinski definition) is 4. The summed E-state index contributed by atoms with van der Waals surface area (Å²) in [5, 5.41) is 12.0. The number of nitrogens with zero attached hydrogens (tertiary/aromatic N) is 12. The van der Waals surface area contributed by atoms with Crippen LogP contribution in [0.15, 0.2) is 244 Å². The normalized spacial score (nSPS) is 10.9. The van der Waals surface area contributed by atoms with Crippen LogP contribution >= 0.6 is 0 Å². The van der Waals surface area contributed by atoms with Gasteiger partial charge < -0.3 is 37.1 Å². The molecule has 16 aromatic rings. The third kappa shape index (κ3) is 18.6. The van der Waals surface area contributed by atoms with Gasteiger partial charge in [0.1, 0.15) is 45.9 Å². The van der Waals surface area contributed by atoms with E-state index < -0.39 is 29.7 Å². The highest BCUT2D eigenvalue weighted by molar-refractivity contribution is 6.04. The Kier molecular flexibility index (Phi) is 23.0. The Morgan fingerprint density at radius 1 is 0.336 bits per heavy atom. The number of carbonyl (C=O) groups excluding carboxylic acids is 4. The van der Waals surface area contributed by atoms with E-state index in [-0.39, 0.29) is 34.4 Å². The molecular weight excluding hydrogens is 1440 g/mol. The van der Waals surface area contributed by atoms with E-state index in [2.05, 4.69) is 56.1 Å². The van der Waals surface area contributed by atoms with E-state index >= 15 is 0 Å². The van der Waals surface area contributed by atoms with Crippen LogP contribution in [-0.2, 0) is 39.8 Å². The van der Waals surface area contributed by atoms with E-state index in [1.165, 1.54) is 36.7 Å². The molecule has 0 aliphatic rings. The summed E-state index contributed by atoms with van der Waals surface area (Å²) in [4.78, 5) is 80.4. The number of benzene rings is 7. The predicted octanol–water partition coefficient (Wildman–Crippen LogP) is 13.9. The van der Waals surface area contributed by atoms with Crippen molar-refractivity contribution >= 4 is 67.2 Å². The molecule has 4 amide bonds. The van der Waals surface area contributed by atoms with Crippen LogP contribution in [0.25, 0.3) is 88.1 Å². The molecule has 23 nitrogen and oxygen atoms in total. The standard InChI is InChI=1S/C24H19FN2O2.C23H18FN3O2.C21H19N5O2.C19H15FN6O/c1-29-19-9-2-15(3-10-19)12-16-4-11-20-21(17-5-7-18(25)8-6-17)14-23(24(26)28)27-22(20)13-16;1-29-18-9-15(12-26-13-18)8-14-2-7-19-20(16-3-5-17(24)6-4-16)11-22(23(25)28)27-21(19)10-14;1-26-12-15(11-24-26)17-9-19(21(22)27)25-18-8-13(3-5-16(17)18)7-14-4-6-20(28-2)23-10-14;1-26-10-13(9-24-26)15-6-17(18(21)27)25-16-5-11(2-3-14(15)16)4-12-7-22-19(20)23-8-12/h2-11,13-14H,12H2,1H3,(H2,26,28);2-7,9-13H,8H2,1H3,(H2,25,28);3-6,8-12H,7H2,1-2H3,(H2,22,27);2-3,5-10H,4H2,1H3,(H2,21,27). The number of aromatic nitrogens is 12. The van der Waals surface area contributed by atoms with Crippen LogP contribution in [0.1, 0.15) is 86.5 Å². The molecule has 0 aliphatic heterocycles. The maximum absolute atomic E-state index is 13.3. The number of halogens is 3. The Balaban J connectivity index is 0.000000132. The van der Waals surface area contributed by atoms with E-state index in [9.17, 15) is 32.3 Å². The quantitative estimate of drug-likeness (QED) is 0.0546. The van der Waals surface area contributed by atoms with Crippen LogP contribution in [0, 0.1) is 17.7 Å². The molecule has 562 valence electrons. The molecule has 113 heavy (non-hydrogen) atoms. The van der Waals surface area contributed by atoms with Crippen molar-refractivity contribution in [3.8, 4) is 61.9 Å². The Morgan fingerprint density at radius 2 is 0.690 bits per heavy atom. The highest BCUT2D eigenvalue weighted by Gasteiger charge is 2.19. The minimum absolute atomic E-state index is 0.164. The average Bonchev–Trinajstić information content (AvgIpc) is 1.52. The zero-order chi connectivity index (χ0) is 79.4. The highest BCUT2D eigenvalue weighted by Crippen LogP contribution is 2.35. The molecule has 0 saturated heterocycles. The van der Waals surface area contributed by atoms with Gasteiger partial charge in [-0.2, -0.15) is 14.6 Å². The summed E-state index contributed by atoms with van der Waals surface area (Å²) in [7, 11) is 8.50. The lowest BCUT2D eigenvalue weighted by Gasteiger charge is -2.11. The van der Waals surface area contributed by atoms with E-state index in [1.807, 2.05) is 136 Å². The van der Waals surface area contributed by atoms with E-state index in [0.717, 1.165) is 116 Å². The number of aryl methyl sites for hydroxylation is 2. The predicted molar refractivity (Wildman–Crippen MR) is 424 cm³/mol. The number of hydrogen-bond acceptors (Lipinski definition) is 17. The summed E-state index contributed by atoms with van der Waals surface area (Å²) in [6.07, 6.45) is 17.2. The smallest absolute Gasteiger partial charge is 0.308 e. The number of primary amides is 4. The Hall–Kier alpha value is -15.0. The number of ether oxygens (including phenoxy) is 3.